The Hall–Kier alpha value is -5.55. The van der Waals surface area contributed by atoms with Gasteiger partial charge in [0.1, 0.15) is 17.1 Å². The number of thiazole rings is 1. The normalized spacial score (nSPS) is 23.0. The van der Waals surface area contributed by atoms with Gasteiger partial charge in [-0.3, -0.25) is 29.5 Å². The number of aromatic nitrogens is 1. The molecule has 5 heterocycles. The summed E-state index contributed by atoms with van der Waals surface area (Å²) >= 11 is 7.67. The minimum absolute atomic E-state index is 0.0547. The maximum Gasteiger partial charge on any atom is 0.350 e. The summed E-state index contributed by atoms with van der Waals surface area (Å²) in [6, 6.07) is 0.179. The number of nitrogens with two attached hydrogens (primary N) is 1. The van der Waals surface area contributed by atoms with E-state index >= 15 is 0 Å². The van der Waals surface area contributed by atoms with Crippen molar-refractivity contribution < 1.29 is 58.8 Å². The molecule has 282 valence electrons. The predicted molar refractivity (Wildman–Crippen MR) is 182 cm³/mol. The summed E-state index contributed by atoms with van der Waals surface area (Å²) in [6.45, 7) is 1.57. The first-order valence-corrected chi connectivity index (χ1v) is 17.6. The van der Waals surface area contributed by atoms with Gasteiger partial charge in [0.25, 0.3) is 11.8 Å². The number of urea groups is 1. The third-order valence-corrected chi connectivity index (χ3v) is 11.6. The second-order valence-electron chi connectivity index (χ2n) is 12.7. The van der Waals surface area contributed by atoms with Crippen LogP contribution < -0.4 is 16.5 Å². The maximum absolute atomic E-state index is 13.5. The van der Waals surface area contributed by atoms with Crippen LogP contribution in [0.3, 0.4) is 0 Å². The summed E-state index contributed by atoms with van der Waals surface area (Å²) < 4.78 is 0. The lowest BCUT2D eigenvalue weighted by Crippen LogP contribution is -2.68. The van der Waals surface area contributed by atoms with E-state index in [1.54, 1.807) is 0 Å². The Labute approximate surface area is 311 Å². The number of halogens is 1. The number of carbonyl (C=O) groups excluding carboxylic acids is 5. The van der Waals surface area contributed by atoms with E-state index in [2.05, 4.69) is 20.9 Å². The van der Waals surface area contributed by atoms with Crippen molar-refractivity contribution in [1.29, 1.82) is 0 Å². The number of carbonyl (C=O) groups is 7. The Morgan fingerprint density at radius 2 is 1.83 bits per heavy atom. The van der Waals surface area contributed by atoms with Crippen molar-refractivity contribution in [3.05, 3.63) is 33.8 Å². The van der Waals surface area contributed by atoms with Crippen LogP contribution in [-0.2, 0) is 28.8 Å². The number of phenolic OH excluding ortho intramolecular Hbond substituents is 2. The Balaban J connectivity index is 1.09. The molecule has 8 N–H and O–H groups in total. The number of hydrogen-bond acceptors (Lipinski definition) is 15. The molecule has 53 heavy (non-hydrogen) atoms. The average Bonchev–Trinajstić information content (AvgIpc) is 3.77. The van der Waals surface area contributed by atoms with Crippen LogP contribution in [0.4, 0.5) is 9.93 Å². The molecular formula is C29H30ClN9O12S2. The van der Waals surface area contributed by atoms with E-state index < -0.39 is 93.2 Å². The number of benzene rings is 1. The van der Waals surface area contributed by atoms with E-state index in [9.17, 15) is 54.0 Å². The summed E-state index contributed by atoms with van der Waals surface area (Å²) in [7, 11) is 0. The van der Waals surface area contributed by atoms with Crippen LogP contribution in [0.5, 0.6) is 11.5 Å². The number of fused-ring (bicyclic) bond motifs is 1. The molecule has 1 aromatic heterocycles. The molecule has 6 amide bonds. The Bertz CT molecular complexity index is 1990. The van der Waals surface area contributed by atoms with E-state index in [-0.39, 0.29) is 47.6 Å². The van der Waals surface area contributed by atoms with Crippen LogP contribution in [0, 0.1) is 5.92 Å². The second kappa shape index (κ2) is 13.5. The van der Waals surface area contributed by atoms with Crippen LogP contribution in [-0.4, -0.2) is 147 Å². The number of β-lactam (4-membered cyclic amide) rings is 1. The summed E-state index contributed by atoms with van der Waals surface area (Å²) in [6.07, 6.45) is 0. The van der Waals surface area contributed by atoms with Gasteiger partial charge in [-0.25, -0.2) is 24.4 Å². The number of hydrogen-bond donors (Lipinski definition) is 7. The highest BCUT2D eigenvalue weighted by atomic mass is 35.5. The van der Waals surface area contributed by atoms with Gasteiger partial charge in [0.2, 0.25) is 22.3 Å². The van der Waals surface area contributed by atoms with Crippen LogP contribution in [0.25, 0.3) is 0 Å². The van der Waals surface area contributed by atoms with Gasteiger partial charge in [-0.1, -0.05) is 28.5 Å². The van der Waals surface area contributed by atoms with Crippen molar-refractivity contribution in [2.75, 3.05) is 38.5 Å². The molecular weight excluding hydrogens is 766 g/mol. The smallest absolute Gasteiger partial charge is 0.350 e. The molecule has 1 unspecified atom stereocenters. The number of carboxylic acid groups (broad SMARTS) is 2. The fraction of sp³-hybridized carbons (Fsp3) is 0.414. The van der Waals surface area contributed by atoms with E-state index in [0.29, 0.717) is 0 Å². The number of anilines is 1. The number of aliphatic carboxylic acids is 2. The number of hydrazine groups is 1. The molecule has 0 aliphatic carbocycles. The lowest BCUT2D eigenvalue weighted by molar-refractivity contribution is -0.161. The van der Waals surface area contributed by atoms with Crippen LogP contribution in [0.2, 0.25) is 5.02 Å². The van der Waals surface area contributed by atoms with Crippen LogP contribution in [0.1, 0.15) is 29.9 Å². The number of rotatable bonds is 11. The van der Waals surface area contributed by atoms with E-state index in [1.165, 1.54) is 35.1 Å². The zero-order valence-electron chi connectivity index (χ0n) is 27.5. The lowest BCUT2D eigenvalue weighted by atomic mass is 9.98. The van der Waals surface area contributed by atoms with Crippen molar-refractivity contribution in [1.82, 2.24) is 35.4 Å². The van der Waals surface area contributed by atoms with Crippen molar-refractivity contribution in [2.45, 2.75) is 35.7 Å². The summed E-state index contributed by atoms with van der Waals surface area (Å²) in [5, 5.41) is 46.4. The molecule has 0 bridgehead atoms. The number of nitrogens with one attached hydrogen (secondary N) is 2. The number of nitrogens with zero attached hydrogens (tertiary/aromatic N) is 6. The molecule has 4 fully saturated rings. The molecule has 2 aromatic rings. The first-order chi connectivity index (χ1) is 24.9. The number of likely N-dealkylation sites (tertiary alicyclic amines) is 1. The quantitative estimate of drug-likeness (QED) is 0.0627. The van der Waals surface area contributed by atoms with E-state index in [0.717, 1.165) is 39.1 Å². The van der Waals surface area contributed by atoms with Gasteiger partial charge in [-0.05, 0) is 26.0 Å². The van der Waals surface area contributed by atoms with Gasteiger partial charge < -0.3 is 46.1 Å². The van der Waals surface area contributed by atoms with Crippen molar-refractivity contribution in [3.8, 4) is 11.5 Å². The van der Waals surface area contributed by atoms with Crippen molar-refractivity contribution >= 4 is 87.1 Å². The largest absolute Gasteiger partial charge is 0.504 e. The molecule has 0 saturated carbocycles. The van der Waals surface area contributed by atoms with Gasteiger partial charge in [-0.2, -0.15) is 0 Å². The minimum Gasteiger partial charge on any atom is -0.504 e. The number of aromatic hydroxyl groups is 2. The number of amides is 6. The van der Waals surface area contributed by atoms with Crippen LogP contribution in [0.15, 0.2) is 22.7 Å². The topological polar surface area (TPSA) is 298 Å². The molecule has 1 aromatic carbocycles. The lowest BCUT2D eigenvalue weighted by Gasteiger charge is -2.41. The Kier molecular flexibility index (Phi) is 9.45. The van der Waals surface area contributed by atoms with Gasteiger partial charge in [-0.15, -0.1) is 11.3 Å². The zero-order valence-corrected chi connectivity index (χ0v) is 29.9. The highest BCUT2D eigenvalue weighted by molar-refractivity contribution is 8.02. The molecule has 24 heteroatoms. The third-order valence-electron chi connectivity index (χ3n) is 8.88. The average molecular weight is 796 g/mol. The number of carboxylic acids is 2. The molecule has 4 aliphatic rings. The third kappa shape index (κ3) is 6.43. The SMILES string of the molecule is CC(C)(O/N=C(\C(=O)NC1C(=O)N2C[C@@](C(=O)O)(N3CCN(NC(=O)C4CN(C(=O)c5ccc(O)c(O)c5Cl)C4)C3=O)S[C@H]12)c1csc(N)n1)C(=O)O. The number of oxime groups is 1. The zero-order chi connectivity index (χ0) is 38.7. The molecule has 4 saturated heterocycles. The van der Waals surface area contributed by atoms with Crippen molar-refractivity contribution in [3.63, 3.8) is 0 Å². The first-order valence-electron chi connectivity index (χ1n) is 15.5. The summed E-state index contributed by atoms with van der Waals surface area (Å²) in [5.41, 5.74) is 5.66. The standard InChI is InChI=1S/C29H30ClN9O12S2/c1-28(2,24(46)47)51-35-16(13-9-52-26(31)32-13)20(43)33-17-22(45)37-10-29(25(48)49,53-23(17)37)38-5-6-39(27(38)50)34-19(42)11-7-36(8-11)21(44)12-3-4-14(40)18(41)15(12)30/h3-4,9,11,17,23,40-41H,5-8,10H2,1-2H3,(H2,31,32)(H,33,43)(H,34,42)(H,46,47)(H,48,49)/b35-16-/t17?,23-,29-/m1/s1. The van der Waals surface area contributed by atoms with E-state index in [4.69, 9.17) is 22.2 Å². The highest BCUT2D eigenvalue weighted by Gasteiger charge is 2.66. The molecule has 6 rings (SSSR count). The van der Waals surface area contributed by atoms with Gasteiger partial charge in [0.15, 0.2) is 22.3 Å². The Morgan fingerprint density at radius 3 is 2.45 bits per heavy atom. The van der Waals surface area contributed by atoms with Crippen LogP contribution >= 0.6 is 34.7 Å². The number of thioether (sulfide) groups is 1. The highest BCUT2D eigenvalue weighted by Crippen LogP contribution is 2.49. The first kappa shape index (κ1) is 37.2. The fourth-order valence-corrected chi connectivity index (χ4v) is 8.14. The van der Waals surface area contributed by atoms with Gasteiger partial charge >= 0.3 is 18.0 Å². The maximum atomic E-state index is 13.5. The minimum atomic E-state index is -2.00. The molecule has 0 radical (unpaired) electrons. The second-order valence-corrected chi connectivity index (χ2v) is 15.4. The predicted octanol–water partition coefficient (Wildman–Crippen LogP) is -0.904. The Morgan fingerprint density at radius 1 is 1.13 bits per heavy atom. The monoisotopic (exact) mass is 795 g/mol. The number of nitrogen functional groups attached to an aromatic ring is 1. The summed E-state index contributed by atoms with van der Waals surface area (Å²) in [5.74, 6) is -7.61. The molecule has 4 aliphatic heterocycles. The molecule has 21 nitrogen and oxygen atoms in total. The van der Waals surface area contributed by atoms with Crippen molar-refractivity contribution in [2.24, 2.45) is 11.1 Å². The number of phenols is 2. The van der Waals surface area contributed by atoms with Gasteiger partial charge in [0.05, 0.1) is 29.6 Å². The van der Waals surface area contributed by atoms with E-state index in [1.807, 2.05) is 0 Å². The molecule has 0 spiro atoms. The summed E-state index contributed by atoms with van der Waals surface area (Å²) in [4.78, 5) is 101. The molecule has 3 atom stereocenters. The fourth-order valence-electron chi connectivity index (χ4n) is 5.72. The van der Waals surface area contributed by atoms with Gasteiger partial charge in [0, 0.05) is 25.0 Å².